The highest BCUT2D eigenvalue weighted by Crippen LogP contribution is 2.44. The smallest absolute Gasteiger partial charge is 0.418 e. The van der Waals surface area contributed by atoms with E-state index in [1.165, 1.54) is 75.2 Å². The summed E-state index contributed by atoms with van der Waals surface area (Å²) in [5.74, 6) is 0. The van der Waals surface area contributed by atoms with Crippen LogP contribution in [-0.2, 0) is 0 Å². The minimum atomic E-state index is -6.00. The van der Waals surface area contributed by atoms with Gasteiger partial charge in [0.25, 0.3) is 0 Å². The van der Waals surface area contributed by atoms with Crippen LogP contribution in [0.1, 0.15) is 41.5 Å². The van der Waals surface area contributed by atoms with E-state index in [4.69, 9.17) is 0 Å². The van der Waals surface area contributed by atoms with E-state index < -0.39 is 7.25 Å². The van der Waals surface area contributed by atoms with E-state index in [-0.39, 0.29) is 0 Å². The van der Waals surface area contributed by atoms with Gasteiger partial charge in [0.15, 0.2) is 0 Å². The Labute approximate surface area is 340 Å². The normalized spacial score (nSPS) is 15.2. The van der Waals surface area contributed by atoms with Crippen LogP contribution in [0.2, 0.25) is 0 Å². The fourth-order valence-corrected chi connectivity index (χ4v) is 9.11. The molecule has 7 heteroatoms. The first-order chi connectivity index (χ1) is 27.8. The molecule has 0 N–H and O–H groups in total. The summed E-state index contributed by atoms with van der Waals surface area (Å²) < 4.78 is 39.0. The van der Waals surface area contributed by atoms with Gasteiger partial charge in [-0.3, -0.25) is 0 Å². The summed E-state index contributed by atoms with van der Waals surface area (Å²) >= 11 is 3.69. The topological polar surface area (TPSA) is 0 Å². The van der Waals surface area contributed by atoms with Gasteiger partial charge < -0.3 is 17.3 Å². The fourth-order valence-electron chi connectivity index (χ4n) is 6.84. The number of benzene rings is 5. The van der Waals surface area contributed by atoms with Crippen molar-refractivity contribution in [1.29, 1.82) is 0 Å². The van der Waals surface area contributed by atoms with Crippen molar-refractivity contribution in [3.8, 4) is 20.9 Å². The van der Waals surface area contributed by atoms with Crippen molar-refractivity contribution in [2.45, 2.75) is 19.3 Å². The number of thioether (sulfide) groups is 1. The number of allylic oxidation sites excluding steroid dienone is 9. The second-order valence-electron chi connectivity index (χ2n) is 13.5. The standard InChI is InChI=1S/C50H39S2.BF4/c1-6-17-39(18-7-1)46-33-37(34-47(51-46)40-19-8-2-9-20-40)29-31-44-27-16-28-45(50(44)43-25-14-5-15-26-43)32-30-38-35-48(41-21-10-3-11-22-41)52-49(36-38)42-23-12-4-13-24-42;2-1(3,4)5/h1-15,17-26,29-36H,16,27-28H2;/q+1;-1. The van der Waals surface area contributed by atoms with Crippen LogP contribution in [0.5, 0.6) is 0 Å². The number of rotatable bonds is 8. The van der Waals surface area contributed by atoms with Gasteiger partial charge in [-0.2, -0.15) is 0 Å². The Kier molecular flexibility index (Phi) is 13.1. The third kappa shape index (κ3) is 11.2. The van der Waals surface area contributed by atoms with Gasteiger partial charge >= 0.3 is 7.25 Å². The predicted octanol–water partition coefficient (Wildman–Crippen LogP) is 16.0. The van der Waals surface area contributed by atoms with Gasteiger partial charge in [-0.1, -0.05) is 144 Å². The van der Waals surface area contributed by atoms with Crippen LogP contribution in [0.15, 0.2) is 211 Å². The van der Waals surface area contributed by atoms with E-state index in [1.54, 1.807) is 0 Å². The molecular formula is C50H39BF4S2. The Bertz CT molecular complexity index is 2350. The summed E-state index contributed by atoms with van der Waals surface area (Å²) in [7, 11) is -6.00. The van der Waals surface area contributed by atoms with E-state index in [0.29, 0.717) is 0 Å². The van der Waals surface area contributed by atoms with Gasteiger partial charge in [0.05, 0.1) is 10.4 Å². The zero-order chi connectivity index (χ0) is 39.5. The second-order valence-corrected chi connectivity index (χ2v) is 15.7. The molecule has 0 atom stereocenters. The lowest BCUT2D eigenvalue weighted by molar-refractivity contribution is 0.368. The van der Waals surface area contributed by atoms with Crippen LogP contribution in [0.25, 0.3) is 42.3 Å². The van der Waals surface area contributed by atoms with Gasteiger partial charge in [0.2, 0.25) is 0 Å². The average Bonchev–Trinajstić information content (AvgIpc) is 3.25. The summed E-state index contributed by atoms with van der Waals surface area (Å²) in [6.45, 7) is 0. The first kappa shape index (κ1) is 39.5. The SMILES string of the molecule is C(=Cc1cc(-c2ccccc2)s[c+](-c2ccccc2)c1)C1=C(c2ccccc2)C(=CC=C2C=C(c3ccccc3)SC(c3ccccc3)=C2)CCC1.F[B-](F)(F)F. The van der Waals surface area contributed by atoms with Crippen LogP contribution >= 0.6 is 23.1 Å². The molecular weight excluding hydrogens is 751 g/mol. The molecule has 0 amide bonds. The average molecular weight is 791 g/mol. The monoisotopic (exact) mass is 790 g/mol. The largest absolute Gasteiger partial charge is 0.673 e. The number of halogens is 4. The molecule has 1 aliphatic heterocycles. The first-order valence-electron chi connectivity index (χ1n) is 18.8. The van der Waals surface area contributed by atoms with E-state index >= 15 is 0 Å². The van der Waals surface area contributed by atoms with Gasteiger partial charge in [0, 0.05) is 45.2 Å². The predicted molar refractivity (Wildman–Crippen MR) is 239 cm³/mol. The fraction of sp³-hybridized carbons (Fsp3) is 0.0600. The Morgan fingerprint density at radius 2 is 1.04 bits per heavy atom. The Morgan fingerprint density at radius 1 is 0.544 bits per heavy atom. The molecule has 0 bridgehead atoms. The van der Waals surface area contributed by atoms with Crippen molar-refractivity contribution in [3.63, 3.8) is 0 Å². The molecule has 6 aromatic rings. The molecule has 282 valence electrons. The maximum absolute atomic E-state index is 9.75. The molecule has 0 radical (unpaired) electrons. The van der Waals surface area contributed by atoms with Crippen molar-refractivity contribution in [2.75, 3.05) is 0 Å². The highest BCUT2D eigenvalue weighted by atomic mass is 32.2. The lowest BCUT2D eigenvalue weighted by Crippen LogP contribution is -2.02. The quantitative estimate of drug-likeness (QED) is 0.0841. The summed E-state index contributed by atoms with van der Waals surface area (Å²) in [4.78, 5) is 5.08. The maximum Gasteiger partial charge on any atom is 0.673 e. The molecule has 57 heavy (non-hydrogen) atoms. The molecule has 0 nitrogen and oxygen atoms in total. The first-order valence-corrected chi connectivity index (χ1v) is 20.5. The van der Waals surface area contributed by atoms with Crippen LogP contribution < -0.4 is 0 Å². The molecule has 2 aliphatic rings. The van der Waals surface area contributed by atoms with Gasteiger partial charge in [-0.05, 0) is 113 Å². The maximum atomic E-state index is 9.75. The zero-order valence-electron chi connectivity index (χ0n) is 31.1. The third-order valence-corrected chi connectivity index (χ3v) is 11.7. The molecule has 1 aliphatic carbocycles. The number of hydrogen-bond donors (Lipinski definition) is 0. The van der Waals surface area contributed by atoms with Crippen LogP contribution in [-0.4, -0.2) is 7.25 Å². The van der Waals surface area contributed by atoms with Crippen LogP contribution in [0, 0.1) is 0 Å². The lowest BCUT2D eigenvalue weighted by atomic mass is 9.82. The van der Waals surface area contributed by atoms with Crippen LogP contribution in [0.4, 0.5) is 17.3 Å². The van der Waals surface area contributed by atoms with Gasteiger partial charge in [-0.25, -0.2) is 0 Å². The van der Waals surface area contributed by atoms with Crippen molar-refractivity contribution in [1.82, 2.24) is 0 Å². The highest BCUT2D eigenvalue weighted by Gasteiger charge is 2.21. The van der Waals surface area contributed by atoms with Crippen LogP contribution in [0.3, 0.4) is 0 Å². The van der Waals surface area contributed by atoms with Crippen molar-refractivity contribution >= 4 is 51.8 Å². The molecule has 8 rings (SSSR count). The van der Waals surface area contributed by atoms with E-state index in [0.717, 1.165) is 19.3 Å². The van der Waals surface area contributed by atoms with Gasteiger partial charge in [0.1, 0.15) is 4.88 Å². The molecule has 0 saturated heterocycles. The highest BCUT2D eigenvalue weighted by molar-refractivity contribution is 8.16. The number of hydrogen-bond acceptors (Lipinski definition) is 2. The van der Waals surface area contributed by atoms with E-state index in [1.807, 2.05) is 23.1 Å². The minimum Gasteiger partial charge on any atom is -0.418 e. The molecule has 1 aromatic heterocycles. The second kappa shape index (κ2) is 18.9. The molecule has 2 heterocycles. The van der Waals surface area contributed by atoms with Crippen molar-refractivity contribution in [3.05, 3.63) is 233 Å². The van der Waals surface area contributed by atoms with Crippen molar-refractivity contribution < 1.29 is 17.3 Å². The molecule has 5 aromatic carbocycles. The third-order valence-electron chi connectivity index (χ3n) is 9.41. The van der Waals surface area contributed by atoms with E-state index in [2.05, 4.69) is 200 Å². The minimum absolute atomic E-state index is 1.05. The lowest BCUT2D eigenvalue weighted by Gasteiger charge is -2.22. The van der Waals surface area contributed by atoms with E-state index in [9.17, 15) is 17.3 Å². The summed E-state index contributed by atoms with van der Waals surface area (Å²) in [5, 5.41) is 0. The Balaban J connectivity index is 0.000000935. The Hall–Kier alpha value is -5.76. The summed E-state index contributed by atoms with van der Waals surface area (Å²) in [5.41, 5.74) is 12.8. The zero-order valence-corrected chi connectivity index (χ0v) is 32.7. The molecule has 0 spiro atoms. The van der Waals surface area contributed by atoms with Gasteiger partial charge in [-0.15, -0.1) is 0 Å². The van der Waals surface area contributed by atoms with Crippen molar-refractivity contribution in [2.24, 2.45) is 0 Å². The summed E-state index contributed by atoms with van der Waals surface area (Å²) in [6.07, 6.45) is 17.3. The molecule has 0 saturated carbocycles. The molecule has 0 fully saturated rings. The molecule has 0 unspecified atom stereocenters. The summed E-state index contributed by atoms with van der Waals surface area (Å²) in [6, 6.07) is 58.6. The Morgan fingerprint density at radius 3 is 1.58 bits per heavy atom.